The van der Waals surface area contributed by atoms with Crippen molar-refractivity contribution in [1.29, 1.82) is 0 Å². The first-order valence-corrected chi connectivity index (χ1v) is 6.09. The van der Waals surface area contributed by atoms with Crippen LogP contribution in [0.4, 0.5) is 11.4 Å². The number of nitro benzene ring substituents is 1. The molecular formula is C11H11BrN4O2. The fourth-order valence-corrected chi connectivity index (χ4v) is 2.01. The summed E-state index contributed by atoms with van der Waals surface area (Å²) in [5, 5.41) is 13.8. The standard InChI is InChI=1S/C11H11BrN4O2/c12-10-7-9(16(17)18)1-2-11(10)14-4-6-15-5-3-13-8-15/h1-3,5,7-8,14H,4,6H2. The van der Waals surface area contributed by atoms with Crippen molar-refractivity contribution in [2.24, 2.45) is 0 Å². The summed E-state index contributed by atoms with van der Waals surface area (Å²) in [7, 11) is 0. The number of hydrogen-bond donors (Lipinski definition) is 1. The first-order chi connectivity index (χ1) is 8.66. The minimum Gasteiger partial charge on any atom is -0.382 e. The molecule has 0 aliphatic heterocycles. The number of nitrogens with zero attached hydrogens (tertiary/aromatic N) is 3. The maximum atomic E-state index is 10.6. The maximum absolute atomic E-state index is 10.6. The van der Waals surface area contributed by atoms with Gasteiger partial charge in [-0.05, 0) is 22.0 Å². The molecule has 7 heteroatoms. The van der Waals surface area contributed by atoms with Crippen LogP contribution >= 0.6 is 15.9 Å². The highest BCUT2D eigenvalue weighted by Crippen LogP contribution is 2.26. The zero-order valence-corrected chi connectivity index (χ0v) is 11.0. The van der Waals surface area contributed by atoms with Crippen molar-refractivity contribution in [2.45, 2.75) is 6.54 Å². The van der Waals surface area contributed by atoms with E-state index in [-0.39, 0.29) is 5.69 Å². The molecule has 0 bridgehead atoms. The van der Waals surface area contributed by atoms with E-state index < -0.39 is 4.92 Å². The smallest absolute Gasteiger partial charge is 0.270 e. The molecule has 1 N–H and O–H groups in total. The Labute approximate surface area is 112 Å². The van der Waals surface area contributed by atoms with Crippen molar-refractivity contribution in [3.05, 3.63) is 51.5 Å². The lowest BCUT2D eigenvalue weighted by Crippen LogP contribution is -2.09. The van der Waals surface area contributed by atoms with Crippen molar-refractivity contribution in [2.75, 3.05) is 11.9 Å². The van der Waals surface area contributed by atoms with Gasteiger partial charge in [0, 0.05) is 47.8 Å². The molecule has 0 amide bonds. The van der Waals surface area contributed by atoms with Gasteiger partial charge in [0.2, 0.25) is 0 Å². The highest BCUT2D eigenvalue weighted by molar-refractivity contribution is 9.10. The Morgan fingerprint density at radius 1 is 1.50 bits per heavy atom. The maximum Gasteiger partial charge on any atom is 0.270 e. The van der Waals surface area contributed by atoms with Crippen LogP contribution in [0.25, 0.3) is 0 Å². The van der Waals surface area contributed by atoms with Gasteiger partial charge in [0.1, 0.15) is 0 Å². The van der Waals surface area contributed by atoms with Gasteiger partial charge < -0.3 is 9.88 Å². The Balaban J connectivity index is 1.95. The summed E-state index contributed by atoms with van der Waals surface area (Å²) in [5.74, 6) is 0. The van der Waals surface area contributed by atoms with E-state index in [2.05, 4.69) is 26.2 Å². The average Bonchev–Trinajstić information content (AvgIpc) is 2.84. The molecule has 0 spiro atoms. The van der Waals surface area contributed by atoms with Gasteiger partial charge in [-0.15, -0.1) is 0 Å². The van der Waals surface area contributed by atoms with Gasteiger partial charge in [-0.1, -0.05) is 0 Å². The summed E-state index contributed by atoms with van der Waals surface area (Å²) in [6.45, 7) is 1.50. The number of nitrogens with one attached hydrogen (secondary N) is 1. The van der Waals surface area contributed by atoms with Crippen molar-refractivity contribution < 1.29 is 4.92 Å². The van der Waals surface area contributed by atoms with Gasteiger partial charge in [-0.2, -0.15) is 0 Å². The molecule has 0 saturated carbocycles. The number of non-ortho nitro benzene ring substituents is 1. The minimum absolute atomic E-state index is 0.0713. The van der Waals surface area contributed by atoms with Gasteiger partial charge >= 0.3 is 0 Å². The van der Waals surface area contributed by atoms with Crippen molar-refractivity contribution >= 4 is 27.3 Å². The molecule has 1 aromatic carbocycles. The van der Waals surface area contributed by atoms with Crippen LogP contribution in [-0.2, 0) is 6.54 Å². The number of halogens is 1. The second-order valence-electron chi connectivity index (χ2n) is 3.65. The van der Waals surface area contributed by atoms with Crippen LogP contribution < -0.4 is 5.32 Å². The monoisotopic (exact) mass is 310 g/mol. The molecule has 18 heavy (non-hydrogen) atoms. The van der Waals surface area contributed by atoms with E-state index in [0.29, 0.717) is 11.0 Å². The molecule has 0 unspecified atom stereocenters. The van der Waals surface area contributed by atoms with Crippen molar-refractivity contribution in [3.8, 4) is 0 Å². The van der Waals surface area contributed by atoms with Gasteiger partial charge in [-0.3, -0.25) is 10.1 Å². The second kappa shape index (κ2) is 5.63. The van der Waals surface area contributed by atoms with E-state index in [1.165, 1.54) is 12.1 Å². The molecular weight excluding hydrogens is 300 g/mol. The number of hydrogen-bond acceptors (Lipinski definition) is 4. The van der Waals surface area contributed by atoms with Gasteiger partial charge in [0.15, 0.2) is 0 Å². The van der Waals surface area contributed by atoms with E-state index in [1.807, 2.05) is 10.8 Å². The summed E-state index contributed by atoms with van der Waals surface area (Å²) in [6.07, 6.45) is 5.35. The lowest BCUT2D eigenvalue weighted by molar-refractivity contribution is -0.384. The molecule has 94 valence electrons. The van der Waals surface area contributed by atoms with Crippen LogP contribution in [0.1, 0.15) is 0 Å². The molecule has 0 aliphatic carbocycles. The number of imidazole rings is 1. The first kappa shape index (κ1) is 12.6. The molecule has 0 atom stereocenters. The Bertz CT molecular complexity index is 542. The fourth-order valence-electron chi connectivity index (χ4n) is 1.50. The predicted octanol–water partition coefficient (Wildman–Crippen LogP) is 2.67. The van der Waals surface area contributed by atoms with Gasteiger partial charge in [-0.25, -0.2) is 4.98 Å². The summed E-state index contributed by atoms with van der Waals surface area (Å²) < 4.78 is 2.63. The zero-order chi connectivity index (χ0) is 13.0. The molecule has 2 rings (SSSR count). The molecule has 0 aliphatic rings. The predicted molar refractivity (Wildman–Crippen MR) is 71.5 cm³/mol. The first-order valence-electron chi connectivity index (χ1n) is 5.30. The van der Waals surface area contributed by atoms with E-state index in [1.54, 1.807) is 18.6 Å². The van der Waals surface area contributed by atoms with E-state index >= 15 is 0 Å². The Morgan fingerprint density at radius 3 is 2.94 bits per heavy atom. The van der Waals surface area contributed by atoms with Crippen LogP contribution in [0.15, 0.2) is 41.4 Å². The zero-order valence-electron chi connectivity index (χ0n) is 9.41. The normalized spacial score (nSPS) is 10.3. The minimum atomic E-state index is -0.417. The summed E-state index contributed by atoms with van der Waals surface area (Å²) >= 11 is 3.31. The van der Waals surface area contributed by atoms with E-state index in [9.17, 15) is 10.1 Å². The van der Waals surface area contributed by atoms with E-state index in [0.717, 1.165) is 12.2 Å². The van der Waals surface area contributed by atoms with Crippen LogP contribution in [0, 0.1) is 10.1 Å². The highest BCUT2D eigenvalue weighted by atomic mass is 79.9. The quantitative estimate of drug-likeness (QED) is 0.680. The Hall–Kier alpha value is -1.89. The topological polar surface area (TPSA) is 73.0 Å². The van der Waals surface area contributed by atoms with E-state index in [4.69, 9.17) is 0 Å². The summed E-state index contributed by atoms with van der Waals surface area (Å²) in [4.78, 5) is 14.1. The third-order valence-electron chi connectivity index (χ3n) is 2.41. The fraction of sp³-hybridized carbons (Fsp3) is 0.182. The van der Waals surface area contributed by atoms with Crippen LogP contribution in [0.5, 0.6) is 0 Å². The van der Waals surface area contributed by atoms with Crippen molar-refractivity contribution in [1.82, 2.24) is 9.55 Å². The molecule has 6 nitrogen and oxygen atoms in total. The third-order valence-corrected chi connectivity index (χ3v) is 3.06. The van der Waals surface area contributed by atoms with Crippen LogP contribution in [-0.4, -0.2) is 21.0 Å². The van der Waals surface area contributed by atoms with Crippen LogP contribution in [0.3, 0.4) is 0 Å². The largest absolute Gasteiger partial charge is 0.382 e. The molecule has 2 aromatic rings. The number of nitro groups is 1. The Morgan fingerprint density at radius 2 is 2.33 bits per heavy atom. The number of benzene rings is 1. The molecule has 0 fully saturated rings. The lowest BCUT2D eigenvalue weighted by atomic mass is 10.3. The number of aromatic nitrogens is 2. The second-order valence-corrected chi connectivity index (χ2v) is 4.50. The summed E-state index contributed by atoms with van der Waals surface area (Å²) in [5.41, 5.74) is 0.905. The molecule has 0 saturated heterocycles. The average molecular weight is 311 g/mol. The van der Waals surface area contributed by atoms with Gasteiger partial charge in [0.25, 0.3) is 5.69 Å². The summed E-state index contributed by atoms with van der Waals surface area (Å²) in [6, 6.07) is 4.65. The lowest BCUT2D eigenvalue weighted by Gasteiger charge is -2.08. The highest BCUT2D eigenvalue weighted by Gasteiger charge is 2.08. The number of rotatable bonds is 5. The molecule has 1 aromatic heterocycles. The Kier molecular flexibility index (Phi) is 3.93. The molecule has 0 radical (unpaired) electrons. The number of anilines is 1. The SMILES string of the molecule is O=[N+]([O-])c1ccc(NCCn2ccnc2)c(Br)c1. The molecule has 1 heterocycles. The third kappa shape index (κ3) is 3.07. The van der Waals surface area contributed by atoms with Crippen LogP contribution in [0.2, 0.25) is 0 Å². The van der Waals surface area contributed by atoms with Crippen molar-refractivity contribution in [3.63, 3.8) is 0 Å². The van der Waals surface area contributed by atoms with Gasteiger partial charge in [0.05, 0.1) is 11.3 Å².